The van der Waals surface area contributed by atoms with E-state index in [2.05, 4.69) is 4.98 Å². The summed E-state index contributed by atoms with van der Waals surface area (Å²) in [4.78, 5) is 16.0. The van der Waals surface area contributed by atoms with Gasteiger partial charge < -0.3 is 25.1 Å². The third kappa shape index (κ3) is 3.01. The zero-order chi connectivity index (χ0) is 18.3. The molecule has 0 radical (unpaired) electrons. The van der Waals surface area contributed by atoms with Crippen molar-refractivity contribution in [2.24, 2.45) is 0 Å². The fourth-order valence-corrected chi connectivity index (χ4v) is 3.38. The van der Waals surface area contributed by atoms with Crippen molar-refractivity contribution in [3.05, 3.63) is 58.1 Å². The van der Waals surface area contributed by atoms with Crippen LogP contribution in [0.25, 0.3) is 0 Å². The highest BCUT2D eigenvalue weighted by atomic mass is 16.7. The maximum atomic E-state index is 12.2. The fourth-order valence-electron chi connectivity index (χ4n) is 3.38. The lowest BCUT2D eigenvalue weighted by Gasteiger charge is -2.45. The monoisotopic (exact) mass is 359 g/mol. The van der Waals surface area contributed by atoms with Gasteiger partial charge >= 0.3 is 5.69 Å². The van der Waals surface area contributed by atoms with Crippen molar-refractivity contribution in [1.82, 2.24) is 9.55 Å². The van der Waals surface area contributed by atoms with Gasteiger partial charge in [0.25, 0.3) is 0 Å². The number of hydrogen-bond acceptors (Lipinski definition) is 7. The number of rotatable bonds is 2. The van der Waals surface area contributed by atoms with E-state index in [-0.39, 0.29) is 18.5 Å². The van der Waals surface area contributed by atoms with Crippen LogP contribution >= 0.6 is 0 Å². The van der Waals surface area contributed by atoms with Crippen molar-refractivity contribution in [1.29, 1.82) is 0 Å². The minimum absolute atomic E-state index is 0.163. The Morgan fingerprint density at radius 2 is 2.00 bits per heavy atom. The van der Waals surface area contributed by atoms with Gasteiger partial charge in [-0.05, 0) is 6.92 Å². The number of aryl methyl sites for hydroxylation is 1. The smallest absolute Gasteiger partial charge is 0.349 e. The van der Waals surface area contributed by atoms with Crippen LogP contribution in [0.5, 0.6) is 0 Å². The molecular weight excluding hydrogens is 338 g/mol. The largest absolute Gasteiger partial charge is 0.388 e. The van der Waals surface area contributed by atoms with Crippen LogP contribution in [0.2, 0.25) is 0 Å². The van der Waals surface area contributed by atoms with Gasteiger partial charge in [0.1, 0.15) is 24.1 Å². The fraction of sp³-hybridized carbons (Fsp3) is 0.444. The summed E-state index contributed by atoms with van der Waals surface area (Å²) >= 11 is 0. The van der Waals surface area contributed by atoms with Crippen molar-refractivity contribution < 1.29 is 19.3 Å². The number of aliphatic hydroxyl groups excluding tert-OH is 1. The molecule has 2 aliphatic heterocycles. The number of hydrogen-bond donors (Lipinski definition) is 2. The first-order chi connectivity index (χ1) is 12.5. The van der Waals surface area contributed by atoms with Gasteiger partial charge in [-0.2, -0.15) is 4.98 Å². The minimum atomic E-state index is -0.939. The number of anilines is 1. The third-order valence-electron chi connectivity index (χ3n) is 4.87. The third-order valence-corrected chi connectivity index (χ3v) is 4.87. The molecule has 0 aliphatic carbocycles. The first kappa shape index (κ1) is 17.2. The van der Waals surface area contributed by atoms with Gasteiger partial charge in [-0.1, -0.05) is 30.3 Å². The normalized spacial score (nSPS) is 31.4. The summed E-state index contributed by atoms with van der Waals surface area (Å²) < 4.78 is 18.9. The predicted molar refractivity (Wildman–Crippen MR) is 92.4 cm³/mol. The van der Waals surface area contributed by atoms with E-state index in [1.165, 1.54) is 4.57 Å². The second kappa shape index (κ2) is 6.81. The number of benzene rings is 1. The zero-order valence-electron chi connectivity index (χ0n) is 14.3. The molecule has 8 heteroatoms. The van der Waals surface area contributed by atoms with E-state index in [0.29, 0.717) is 12.2 Å². The van der Waals surface area contributed by atoms with Crippen LogP contribution in [0, 0.1) is 6.92 Å². The average Bonchev–Trinajstić information content (AvgIpc) is 2.66. The molecule has 1 aromatic carbocycles. The average molecular weight is 359 g/mol. The molecule has 0 saturated carbocycles. The molecule has 0 spiro atoms. The molecule has 2 aliphatic rings. The zero-order valence-corrected chi connectivity index (χ0v) is 14.3. The Morgan fingerprint density at radius 1 is 1.23 bits per heavy atom. The molecule has 2 saturated heterocycles. The Labute approximate surface area is 150 Å². The molecule has 1 aromatic heterocycles. The Balaban J connectivity index is 1.59. The number of aliphatic hydroxyl groups is 1. The molecule has 26 heavy (non-hydrogen) atoms. The molecule has 5 atom stereocenters. The SMILES string of the molecule is Cc1cn([C@@H]2CO[C@@H]3CO[C@@H](c4ccccc4)O[C@H]3[C@H]2O)c(=O)nc1N. The van der Waals surface area contributed by atoms with Gasteiger partial charge in [-0.15, -0.1) is 0 Å². The quantitative estimate of drug-likeness (QED) is 0.806. The van der Waals surface area contributed by atoms with Gasteiger partial charge in [-0.3, -0.25) is 4.57 Å². The summed E-state index contributed by atoms with van der Waals surface area (Å²) in [5.41, 5.74) is 6.69. The predicted octanol–water partition coefficient (Wildman–Crippen LogP) is 0.549. The molecule has 3 N–H and O–H groups in total. The van der Waals surface area contributed by atoms with Crippen LogP contribution in [0.3, 0.4) is 0 Å². The van der Waals surface area contributed by atoms with Gasteiger partial charge in [-0.25, -0.2) is 4.79 Å². The second-order valence-corrected chi connectivity index (χ2v) is 6.61. The van der Waals surface area contributed by atoms with Crippen molar-refractivity contribution >= 4 is 5.82 Å². The van der Waals surface area contributed by atoms with Crippen molar-refractivity contribution in [3.63, 3.8) is 0 Å². The van der Waals surface area contributed by atoms with Crippen LogP contribution in [-0.4, -0.2) is 46.2 Å². The molecule has 138 valence electrons. The van der Waals surface area contributed by atoms with Crippen molar-refractivity contribution in [3.8, 4) is 0 Å². The summed E-state index contributed by atoms with van der Waals surface area (Å²) in [7, 11) is 0. The molecular formula is C18H21N3O5. The number of nitrogens with two attached hydrogens (primary N) is 1. The van der Waals surface area contributed by atoms with Gasteiger partial charge in [0.15, 0.2) is 6.29 Å². The highest BCUT2D eigenvalue weighted by Gasteiger charge is 2.46. The molecule has 0 bridgehead atoms. The first-order valence-corrected chi connectivity index (χ1v) is 8.51. The molecule has 2 aromatic rings. The Kier molecular flexibility index (Phi) is 4.49. The van der Waals surface area contributed by atoms with Crippen molar-refractivity contribution in [2.45, 2.75) is 37.6 Å². The van der Waals surface area contributed by atoms with Crippen LogP contribution in [-0.2, 0) is 14.2 Å². The Bertz CT molecular complexity index is 840. The Hall–Kier alpha value is -2.26. The standard InChI is InChI=1S/C18H21N3O5/c1-10-7-21(18(23)20-16(10)19)12-8-24-13-9-25-17(26-15(13)14(12)22)11-5-3-2-4-6-11/h2-7,12-15,17,22H,8-9H2,1H3,(H2,19,20,23)/t12-,13-,14+,15-,17-/m1/s1. The van der Waals surface area contributed by atoms with Gasteiger partial charge in [0, 0.05) is 17.3 Å². The number of nitrogen functional groups attached to an aromatic ring is 1. The second-order valence-electron chi connectivity index (χ2n) is 6.61. The number of nitrogens with zero attached hydrogens (tertiary/aromatic N) is 2. The summed E-state index contributed by atoms with van der Waals surface area (Å²) in [5, 5.41) is 10.9. The number of fused-ring (bicyclic) bond motifs is 1. The van der Waals surface area contributed by atoms with E-state index in [4.69, 9.17) is 19.9 Å². The molecule has 2 fully saturated rings. The van der Waals surface area contributed by atoms with E-state index in [9.17, 15) is 9.90 Å². The summed E-state index contributed by atoms with van der Waals surface area (Å²) in [5.74, 6) is 0.182. The van der Waals surface area contributed by atoms with Crippen LogP contribution < -0.4 is 11.4 Å². The molecule has 0 unspecified atom stereocenters. The summed E-state index contributed by atoms with van der Waals surface area (Å²) in [6.45, 7) is 2.23. The molecule has 4 rings (SSSR count). The maximum absolute atomic E-state index is 12.2. The van der Waals surface area contributed by atoms with E-state index < -0.39 is 30.2 Å². The van der Waals surface area contributed by atoms with Crippen LogP contribution in [0.1, 0.15) is 23.5 Å². The number of ether oxygens (including phenoxy) is 3. The van der Waals surface area contributed by atoms with E-state index in [1.54, 1.807) is 13.1 Å². The number of aromatic nitrogens is 2. The van der Waals surface area contributed by atoms with E-state index >= 15 is 0 Å². The molecule has 0 amide bonds. The summed E-state index contributed by atoms with van der Waals surface area (Å²) in [6, 6.07) is 8.89. The van der Waals surface area contributed by atoms with E-state index in [0.717, 1.165) is 5.56 Å². The highest BCUT2D eigenvalue weighted by Crippen LogP contribution is 2.35. The van der Waals surface area contributed by atoms with Gasteiger partial charge in [0.2, 0.25) is 0 Å². The molecule has 3 heterocycles. The summed E-state index contributed by atoms with van der Waals surface area (Å²) in [6.07, 6.45) is -0.933. The lowest BCUT2D eigenvalue weighted by Crippen LogP contribution is -2.57. The highest BCUT2D eigenvalue weighted by molar-refractivity contribution is 5.35. The molecule has 8 nitrogen and oxygen atoms in total. The Morgan fingerprint density at radius 3 is 2.77 bits per heavy atom. The van der Waals surface area contributed by atoms with Crippen LogP contribution in [0.4, 0.5) is 5.82 Å². The minimum Gasteiger partial charge on any atom is -0.388 e. The van der Waals surface area contributed by atoms with Crippen molar-refractivity contribution in [2.75, 3.05) is 18.9 Å². The lowest BCUT2D eigenvalue weighted by atomic mass is 9.96. The lowest BCUT2D eigenvalue weighted by molar-refractivity contribution is -0.306. The van der Waals surface area contributed by atoms with E-state index in [1.807, 2.05) is 30.3 Å². The topological polar surface area (TPSA) is 109 Å². The first-order valence-electron chi connectivity index (χ1n) is 8.51. The van der Waals surface area contributed by atoms with Crippen LogP contribution in [0.15, 0.2) is 41.3 Å². The van der Waals surface area contributed by atoms with Gasteiger partial charge in [0.05, 0.1) is 19.3 Å². The maximum Gasteiger partial charge on any atom is 0.349 e.